The molecule has 3 nitrogen and oxygen atoms in total. The topological polar surface area (TPSA) is 11.4 Å². The predicted molar refractivity (Wildman–Crippen MR) is 424 cm³/mol. The Bertz CT molecular complexity index is 4850. The highest BCUT2D eigenvalue weighted by Crippen LogP contribution is 2.69. The lowest BCUT2D eigenvalue weighted by molar-refractivity contribution is -0.00809. The van der Waals surface area contributed by atoms with Gasteiger partial charge < -0.3 is 14.4 Å². The quantitative estimate of drug-likeness (QED) is 0.133. The molecular weight excluding hydrogens is 1230 g/mol. The molecule has 0 spiro atoms. The third kappa shape index (κ3) is 8.68. The summed E-state index contributed by atoms with van der Waals surface area (Å²) in [5.41, 5.74) is 30.9. The Balaban J connectivity index is 0.802. The van der Waals surface area contributed by atoms with E-state index >= 15 is 0 Å². The molecule has 1 aromatic heterocycles. The minimum atomic E-state index is -0.139. The fraction of sp³-hybridized carbons (Fsp3) is 0.449. The van der Waals surface area contributed by atoms with Gasteiger partial charge in [0.25, 0.3) is 6.71 Å². The smallest absolute Gasteiger partial charge is 0.252 e. The van der Waals surface area contributed by atoms with Crippen LogP contribution in [0.5, 0.6) is 0 Å². The second-order valence-electron chi connectivity index (χ2n) is 39.4. The molecule has 102 heavy (non-hydrogen) atoms. The molecule has 16 fully saturated rings. The van der Waals surface area contributed by atoms with Gasteiger partial charge in [0, 0.05) is 50.6 Å². The number of nitrogens with zero attached hydrogens (tertiary/aromatic N) is 3. The van der Waals surface area contributed by atoms with E-state index in [0.29, 0.717) is 10.8 Å². The Labute approximate surface area is 606 Å². The standard InChI is InChI=1S/C98H100BN3/c1-94(2,3)75-44-89-91-90(45-75)101(79-24-20-74(21-25-79)72-14-8-5-9-15-72)88-46-80(26-27-86(88)99(91)85-16-10-11-17-87(85)100(89)78-22-18-73(19-23-78)71-12-6-4-7-13-71)102-92-81(40-76(95-47-59-28-60(48-95)30-61(29-59)49-95)42-83(92)97-53-65-34-66(54-97)36-67(35-65)55-97)82-41-77(96-50-62-31-63(51-96)33-64(32-62)52-96)43-84(93(82)102)98-56-68-37-69(57-98)39-70(38-68)58-98/h4-27,40-46,59-70H,28-39,47-58H2,1-3H3. The van der Waals surface area contributed by atoms with Crippen molar-refractivity contribution in [3.63, 3.8) is 0 Å². The van der Waals surface area contributed by atoms with Crippen molar-refractivity contribution in [1.82, 2.24) is 4.57 Å². The summed E-state index contributed by atoms with van der Waals surface area (Å²) in [6.07, 6.45) is 34.7. The van der Waals surface area contributed by atoms with Crippen molar-refractivity contribution in [1.29, 1.82) is 0 Å². The lowest BCUT2D eigenvalue weighted by Gasteiger charge is -2.58. The van der Waals surface area contributed by atoms with E-state index in [4.69, 9.17) is 0 Å². The van der Waals surface area contributed by atoms with Crippen LogP contribution in [0.2, 0.25) is 0 Å². The number of para-hydroxylation sites is 1. The van der Waals surface area contributed by atoms with Crippen LogP contribution >= 0.6 is 0 Å². The fourth-order valence-corrected chi connectivity index (χ4v) is 29.7. The maximum absolute atomic E-state index is 3.14. The molecule has 0 atom stereocenters. The Morgan fingerprint density at radius 1 is 0.304 bits per heavy atom. The van der Waals surface area contributed by atoms with Crippen LogP contribution in [0.25, 0.3) is 49.7 Å². The van der Waals surface area contributed by atoms with Crippen LogP contribution in [-0.2, 0) is 27.1 Å². The van der Waals surface area contributed by atoms with Gasteiger partial charge in [-0.2, -0.15) is 0 Å². The first-order chi connectivity index (χ1) is 49.8. The predicted octanol–water partition coefficient (Wildman–Crippen LogP) is 23.4. The Morgan fingerprint density at radius 2 is 0.637 bits per heavy atom. The summed E-state index contributed by atoms with van der Waals surface area (Å²) in [5.74, 6) is 10.6. The van der Waals surface area contributed by atoms with E-state index in [1.807, 2.05) is 11.1 Å². The molecule has 2 aliphatic heterocycles. The first-order valence-corrected chi connectivity index (χ1v) is 41.3. The first-order valence-electron chi connectivity index (χ1n) is 41.3. The summed E-state index contributed by atoms with van der Waals surface area (Å²) >= 11 is 0. The van der Waals surface area contributed by atoms with Gasteiger partial charge in [-0.3, -0.25) is 0 Å². The summed E-state index contributed by atoms with van der Waals surface area (Å²) in [5, 5.41) is 3.33. The van der Waals surface area contributed by atoms with E-state index in [0.717, 1.165) is 71.0 Å². The average molecular weight is 1330 g/mol. The number of hydrogen-bond acceptors (Lipinski definition) is 2. The van der Waals surface area contributed by atoms with Gasteiger partial charge in [0.2, 0.25) is 0 Å². The van der Waals surface area contributed by atoms with Gasteiger partial charge in [0.15, 0.2) is 0 Å². The molecule has 16 saturated carbocycles. The second-order valence-corrected chi connectivity index (χ2v) is 39.4. The fourth-order valence-electron chi connectivity index (χ4n) is 29.7. The van der Waals surface area contributed by atoms with Gasteiger partial charge in [-0.25, -0.2) is 0 Å². The van der Waals surface area contributed by atoms with Gasteiger partial charge in [-0.05, 0) is 385 Å². The van der Waals surface area contributed by atoms with Crippen molar-refractivity contribution in [3.05, 3.63) is 216 Å². The van der Waals surface area contributed by atoms with E-state index in [1.54, 1.807) is 32.9 Å². The molecule has 16 bridgehead atoms. The van der Waals surface area contributed by atoms with E-state index in [2.05, 4.69) is 223 Å². The second kappa shape index (κ2) is 21.1. The Kier molecular flexibility index (Phi) is 12.4. The molecule has 28 rings (SSSR count). The van der Waals surface area contributed by atoms with Crippen molar-refractivity contribution in [2.75, 3.05) is 9.80 Å². The Morgan fingerprint density at radius 3 is 1.03 bits per heavy atom. The number of hydrogen-bond donors (Lipinski definition) is 0. The number of anilines is 6. The van der Waals surface area contributed by atoms with Gasteiger partial charge >= 0.3 is 0 Å². The van der Waals surface area contributed by atoms with E-state index in [-0.39, 0.29) is 23.0 Å². The highest BCUT2D eigenvalue weighted by atomic mass is 15.2. The van der Waals surface area contributed by atoms with Crippen LogP contribution < -0.4 is 26.2 Å². The van der Waals surface area contributed by atoms with Crippen molar-refractivity contribution in [2.24, 2.45) is 71.0 Å². The van der Waals surface area contributed by atoms with Crippen molar-refractivity contribution >= 4 is 79.0 Å². The highest BCUT2D eigenvalue weighted by Gasteiger charge is 2.59. The molecule has 3 heterocycles. The third-order valence-electron chi connectivity index (χ3n) is 32.0. The monoisotopic (exact) mass is 1330 g/mol. The molecule has 4 heteroatoms. The van der Waals surface area contributed by atoms with E-state index < -0.39 is 0 Å². The third-order valence-corrected chi connectivity index (χ3v) is 32.0. The number of fused-ring (bicyclic) bond motifs is 7. The molecule has 510 valence electrons. The van der Waals surface area contributed by atoms with Crippen LogP contribution in [0.1, 0.15) is 203 Å². The van der Waals surface area contributed by atoms with Crippen molar-refractivity contribution in [3.8, 4) is 27.9 Å². The molecule has 18 aliphatic rings. The molecule has 0 amide bonds. The van der Waals surface area contributed by atoms with Crippen LogP contribution in [0.15, 0.2) is 188 Å². The summed E-state index contributed by atoms with van der Waals surface area (Å²) in [6.45, 7) is 7.34. The van der Waals surface area contributed by atoms with Gasteiger partial charge in [-0.1, -0.05) is 142 Å². The van der Waals surface area contributed by atoms with Crippen LogP contribution in [0.4, 0.5) is 34.1 Å². The minimum Gasteiger partial charge on any atom is -0.311 e. The zero-order valence-corrected chi connectivity index (χ0v) is 60.7. The molecule has 16 aliphatic carbocycles. The SMILES string of the molecule is CC(C)(C)c1cc2c3c(c1)N(c1ccc(-c4ccccc4)cc1)c1cc(-n4c5c(C67CC8CC(CC(C8)C6)C7)cc(C67CC8CC(CC(C8)C6)C7)cc5c5cc(C67CC8CC(CC(C8)C6)C7)cc(C67CC8CC(CC(C8)C6)C7)c54)ccc1B3c1ccccc1N2c1ccc(-c2ccccc2)cc1. The normalized spacial score (nSPS) is 34.2. The van der Waals surface area contributed by atoms with Gasteiger partial charge in [0.1, 0.15) is 0 Å². The summed E-state index contributed by atoms with van der Waals surface area (Å²) in [7, 11) is 0. The number of aromatic nitrogens is 1. The lowest BCUT2D eigenvalue weighted by atomic mass is 9.33. The van der Waals surface area contributed by atoms with Gasteiger partial charge in [-0.15, -0.1) is 0 Å². The molecule has 0 saturated heterocycles. The van der Waals surface area contributed by atoms with Gasteiger partial charge in [0.05, 0.1) is 11.0 Å². The average Bonchev–Trinajstić information content (AvgIpc) is 1.39. The number of benzene rings is 9. The molecule has 0 unspecified atom stereocenters. The van der Waals surface area contributed by atoms with Crippen LogP contribution in [0.3, 0.4) is 0 Å². The summed E-state index contributed by atoms with van der Waals surface area (Å²) in [6, 6.07) is 76.5. The minimum absolute atomic E-state index is 0.0120. The molecule has 0 N–H and O–H groups in total. The van der Waals surface area contributed by atoms with E-state index in [9.17, 15) is 0 Å². The zero-order chi connectivity index (χ0) is 66.9. The van der Waals surface area contributed by atoms with Crippen LogP contribution in [-0.4, -0.2) is 11.3 Å². The first kappa shape index (κ1) is 59.8. The number of rotatable bonds is 9. The molecular formula is C98H100BN3. The van der Waals surface area contributed by atoms with E-state index in [1.165, 1.54) is 238 Å². The zero-order valence-electron chi connectivity index (χ0n) is 60.7. The van der Waals surface area contributed by atoms with Crippen molar-refractivity contribution < 1.29 is 0 Å². The molecule has 9 aromatic carbocycles. The lowest BCUT2D eigenvalue weighted by Crippen LogP contribution is -2.61. The molecule has 0 radical (unpaired) electrons. The highest BCUT2D eigenvalue weighted by molar-refractivity contribution is 7.00. The molecule has 10 aromatic rings. The largest absolute Gasteiger partial charge is 0.311 e. The summed E-state index contributed by atoms with van der Waals surface area (Å²) in [4.78, 5) is 5.42. The van der Waals surface area contributed by atoms with Crippen molar-refractivity contribution in [2.45, 2.75) is 202 Å². The summed E-state index contributed by atoms with van der Waals surface area (Å²) < 4.78 is 3.14. The maximum atomic E-state index is 3.14. The Hall–Kier alpha value is -7.56. The van der Waals surface area contributed by atoms with Crippen LogP contribution in [0, 0.1) is 71.0 Å². The maximum Gasteiger partial charge on any atom is 0.252 e.